The molecule has 0 atom stereocenters. The minimum absolute atomic E-state index is 0. The van der Waals surface area contributed by atoms with Crippen LogP contribution in [0.3, 0.4) is 0 Å². The number of nitrogens with one attached hydrogen (secondary N) is 1. The van der Waals surface area contributed by atoms with Gasteiger partial charge in [-0.3, -0.25) is 4.79 Å². The summed E-state index contributed by atoms with van der Waals surface area (Å²) in [5.41, 5.74) is 7.89. The molecule has 1 amide bonds. The molecule has 4 heteroatoms. The van der Waals surface area contributed by atoms with Crippen LogP contribution >= 0.6 is 12.4 Å². The number of halogens is 1. The Bertz CT molecular complexity index is 368. The Morgan fingerprint density at radius 1 is 1.22 bits per heavy atom. The summed E-state index contributed by atoms with van der Waals surface area (Å²) in [6.07, 6.45) is 0.389. The van der Waals surface area contributed by atoms with E-state index in [4.69, 9.17) is 5.73 Å². The lowest BCUT2D eigenvalue weighted by Crippen LogP contribution is -2.25. The van der Waals surface area contributed by atoms with Gasteiger partial charge in [-0.15, -0.1) is 12.4 Å². The SMILES string of the molecule is CC(C)(C)c1ccc(CNC(=O)CCN)cc1.Cl. The number of nitrogens with two attached hydrogens (primary N) is 1. The molecule has 18 heavy (non-hydrogen) atoms. The number of benzene rings is 1. The molecule has 0 fully saturated rings. The molecule has 0 aliphatic heterocycles. The molecule has 3 N–H and O–H groups in total. The topological polar surface area (TPSA) is 55.1 Å². The molecule has 3 nitrogen and oxygen atoms in total. The van der Waals surface area contributed by atoms with Crippen molar-refractivity contribution in [1.82, 2.24) is 5.32 Å². The summed E-state index contributed by atoms with van der Waals surface area (Å²) in [7, 11) is 0. The van der Waals surface area contributed by atoms with Crippen LogP contribution in [0, 0.1) is 0 Å². The van der Waals surface area contributed by atoms with Crippen molar-refractivity contribution in [2.24, 2.45) is 5.73 Å². The van der Waals surface area contributed by atoms with Gasteiger partial charge in [0.15, 0.2) is 0 Å². The van der Waals surface area contributed by atoms with Gasteiger partial charge in [-0.1, -0.05) is 45.0 Å². The zero-order valence-corrected chi connectivity index (χ0v) is 12.1. The smallest absolute Gasteiger partial charge is 0.221 e. The van der Waals surface area contributed by atoms with Gasteiger partial charge in [-0.05, 0) is 16.5 Å². The van der Waals surface area contributed by atoms with Crippen molar-refractivity contribution in [3.05, 3.63) is 35.4 Å². The molecule has 1 aromatic carbocycles. The van der Waals surface area contributed by atoms with E-state index in [0.717, 1.165) is 5.56 Å². The fourth-order valence-corrected chi connectivity index (χ4v) is 1.54. The molecule has 1 rings (SSSR count). The van der Waals surface area contributed by atoms with Crippen LogP contribution in [0.25, 0.3) is 0 Å². The first kappa shape index (κ1) is 16.9. The van der Waals surface area contributed by atoms with Crippen LogP contribution in [-0.4, -0.2) is 12.5 Å². The molecule has 0 aromatic heterocycles. The lowest BCUT2D eigenvalue weighted by Gasteiger charge is -2.19. The highest BCUT2D eigenvalue weighted by atomic mass is 35.5. The summed E-state index contributed by atoms with van der Waals surface area (Å²) in [6, 6.07) is 8.35. The molecule has 0 aliphatic carbocycles. The number of rotatable bonds is 4. The van der Waals surface area contributed by atoms with Crippen LogP contribution in [0.15, 0.2) is 24.3 Å². The normalized spacial score (nSPS) is 10.7. The van der Waals surface area contributed by atoms with Gasteiger partial charge in [0, 0.05) is 19.5 Å². The Morgan fingerprint density at radius 2 is 1.78 bits per heavy atom. The molecular weight excluding hydrogens is 248 g/mol. The Kier molecular flexibility index (Phi) is 6.96. The monoisotopic (exact) mass is 270 g/mol. The van der Waals surface area contributed by atoms with Crippen LogP contribution in [0.4, 0.5) is 0 Å². The summed E-state index contributed by atoms with van der Waals surface area (Å²) in [5, 5.41) is 2.84. The van der Waals surface area contributed by atoms with E-state index in [-0.39, 0.29) is 23.7 Å². The summed E-state index contributed by atoms with van der Waals surface area (Å²) >= 11 is 0. The zero-order valence-electron chi connectivity index (χ0n) is 11.3. The molecule has 0 bridgehead atoms. The molecular formula is C14H23ClN2O. The van der Waals surface area contributed by atoms with Crippen LogP contribution < -0.4 is 11.1 Å². The predicted octanol–water partition coefficient (Wildman–Crippen LogP) is 2.37. The number of hydrogen-bond acceptors (Lipinski definition) is 2. The standard InChI is InChI=1S/C14H22N2O.ClH/c1-14(2,3)12-6-4-11(5-7-12)10-16-13(17)8-9-15;/h4-7H,8-10,15H2,1-3H3,(H,16,17);1H. The maximum atomic E-state index is 11.3. The Labute approximate surface area is 116 Å². The average molecular weight is 271 g/mol. The van der Waals surface area contributed by atoms with Gasteiger partial charge in [0.2, 0.25) is 5.91 Å². The Hall–Kier alpha value is -1.06. The van der Waals surface area contributed by atoms with E-state index in [1.807, 2.05) is 0 Å². The van der Waals surface area contributed by atoms with E-state index in [9.17, 15) is 4.79 Å². The third kappa shape index (κ3) is 5.52. The first-order valence-electron chi connectivity index (χ1n) is 5.99. The summed E-state index contributed by atoms with van der Waals surface area (Å²) in [5.74, 6) is 0.00685. The first-order chi connectivity index (χ1) is 7.93. The highest BCUT2D eigenvalue weighted by Crippen LogP contribution is 2.22. The summed E-state index contributed by atoms with van der Waals surface area (Å²) in [6.45, 7) is 7.53. The van der Waals surface area contributed by atoms with E-state index in [1.54, 1.807) is 0 Å². The number of amides is 1. The fraction of sp³-hybridized carbons (Fsp3) is 0.500. The predicted molar refractivity (Wildman–Crippen MR) is 77.9 cm³/mol. The second-order valence-corrected chi connectivity index (χ2v) is 5.26. The molecule has 0 saturated carbocycles. The van der Waals surface area contributed by atoms with E-state index < -0.39 is 0 Å². The van der Waals surface area contributed by atoms with Crippen LogP contribution in [0.1, 0.15) is 38.3 Å². The average Bonchev–Trinajstić information content (AvgIpc) is 2.26. The highest BCUT2D eigenvalue weighted by Gasteiger charge is 2.12. The minimum atomic E-state index is 0. The molecule has 0 radical (unpaired) electrons. The fourth-order valence-electron chi connectivity index (χ4n) is 1.54. The molecule has 1 aromatic rings. The summed E-state index contributed by atoms with van der Waals surface area (Å²) < 4.78 is 0. The van der Waals surface area contributed by atoms with Crippen LogP contribution in [-0.2, 0) is 16.8 Å². The third-order valence-electron chi connectivity index (χ3n) is 2.68. The van der Waals surface area contributed by atoms with E-state index >= 15 is 0 Å². The molecule has 0 saturated heterocycles. The second-order valence-electron chi connectivity index (χ2n) is 5.26. The van der Waals surface area contributed by atoms with Crippen molar-refractivity contribution in [2.75, 3.05) is 6.54 Å². The number of carbonyl (C=O) groups is 1. The molecule has 0 aliphatic rings. The highest BCUT2D eigenvalue weighted by molar-refractivity contribution is 5.85. The van der Waals surface area contributed by atoms with Gasteiger partial charge < -0.3 is 11.1 Å². The van der Waals surface area contributed by atoms with Gasteiger partial charge in [-0.25, -0.2) is 0 Å². The van der Waals surface area contributed by atoms with Gasteiger partial charge in [0.1, 0.15) is 0 Å². The Morgan fingerprint density at radius 3 is 2.22 bits per heavy atom. The van der Waals surface area contributed by atoms with Crippen molar-refractivity contribution in [1.29, 1.82) is 0 Å². The van der Waals surface area contributed by atoms with Gasteiger partial charge in [0.25, 0.3) is 0 Å². The maximum absolute atomic E-state index is 11.3. The zero-order chi connectivity index (χ0) is 12.9. The molecule has 102 valence electrons. The summed E-state index contributed by atoms with van der Waals surface area (Å²) in [4.78, 5) is 11.3. The second kappa shape index (κ2) is 7.39. The number of carbonyl (C=O) groups excluding carboxylic acids is 1. The van der Waals surface area contributed by atoms with Crippen molar-refractivity contribution in [3.8, 4) is 0 Å². The van der Waals surface area contributed by atoms with Crippen molar-refractivity contribution >= 4 is 18.3 Å². The van der Waals surface area contributed by atoms with Crippen LogP contribution in [0.2, 0.25) is 0 Å². The molecule has 0 unspecified atom stereocenters. The van der Waals surface area contributed by atoms with Gasteiger partial charge in [-0.2, -0.15) is 0 Å². The van der Waals surface area contributed by atoms with Crippen LogP contribution in [0.5, 0.6) is 0 Å². The van der Waals surface area contributed by atoms with E-state index in [0.29, 0.717) is 19.5 Å². The maximum Gasteiger partial charge on any atom is 0.221 e. The van der Waals surface area contributed by atoms with E-state index in [2.05, 4.69) is 50.4 Å². The van der Waals surface area contributed by atoms with Crippen molar-refractivity contribution in [2.45, 2.75) is 39.2 Å². The van der Waals surface area contributed by atoms with Gasteiger partial charge in [0.05, 0.1) is 0 Å². The largest absolute Gasteiger partial charge is 0.352 e. The molecule has 0 spiro atoms. The number of hydrogen-bond donors (Lipinski definition) is 2. The Balaban J connectivity index is 0.00000289. The lowest BCUT2D eigenvalue weighted by molar-refractivity contribution is -0.121. The minimum Gasteiger partial charge on any atom is -0.352 e. The van der Waals surface area contributed by atoms with E-state index in [1.165, 1.54) is 5.56 Å². The quantitative estimate of drug-likeness (QED) is 0.883. The first-order valence-corrected chi connectivity index (χ1v) is 5.99. The molecule has 0 heterocycles. The van der Waals surface area contributed by atoms with Crippen molar-refractivity contribution < 1.29 is 4.79 Å². The van der Waals surface area contributed by atoms with Gasteiger partial charge >= 0.3 is 0 Å². The lowest BCUT2D eigenvalue weighted by atomic mass is 9.87. The van der Waals surface area contributed by atoms with Crippen molar-refractivity contribution in [3.63, 3.8) is 0 Å². The third-order valence-corrected chi connectivity index (χ3v) is 2.68.